The van der Waals surface area contributed by atoms with Gasteiger partial charge < -0.3 is 15.2 Å². The third-order valence-electron chi connectivity index (χ3n) is 2.98. The quantitative estimate of drug-likeness (QED) is 0.685. The second-order valence-electron chi connectivity index (χ2n) is 4.25. The van der Waals surface area contributed by atoms with Crippen molar-refractivity contribution < 1.29 is 14.3 Å². The summed E-state index contributed by atoms with van der Waals surface area (Å²) in [4.78, 5) is 12.6. The first-order chi connectivity index (χ1) is 9.97. The highest BCUT2D eigenvalue weighted by molar-refractivity contribution is 6.36. The highest BCUT2D eigenvalue weighted by Crippen LogP contribution is 2.35. The lowest BCUT2D eigenvalue weighted by Gasteiger charge is -2.12. The number of carbonyl (C=O) groups is 1. The third-order valence-corrected chi connectivity index (χ3v) is 3.53. The monoisotopic (exact) mass is 325 g/mol. The van der Waals surface area contributed by atoms with Crippen molar-refractivity contribution >= 4 is 34.7 Å². The predicted octanol–water partition coefficient (Wildman–Crippen LogP) is 3.82. The predicted molar refractivity (Wildman–Crippen MR) is 83.9 cm³/mol. The lowest BCUT2D eigenvalue weighted by atomic mass is 10.0. The van der Waals surface area contributed by atoms with E-state index in [1.807, 2.05) is 0 Å². The molecule has 0 saturated heterocycles. The van der Waals surface area contributed by atoms with Gasteiger partial charge in [-0.15, -0.1) is 0 Å². The van der Waals surface area contributed by atoms with E-state index in [1.165, 1.54) is 32.4 Å². The molecular formula is C15H13Cl2NO3. The number of hydrogen-bond donors (Lipinski definition) is 1. The van der Waals surface area contributed by atoms with Crippen LogP contribution in [0, 0.1) is 0 Å². The first-order valence-electron chi connectivity index (χ1n) is 5.99. The largest absolute Gasteiger partial charge is 0.493 e. The zero-order chi connectivity index (χ0) is 15.6. The smallest absolute Gasteiger partial charge is 0.196 e. The summed E-state index contributed by atoms with van der Waals surface area (Å²) in [5.41, 5.74) is 6.71. The number of carbonyl (C=O) groups excluding carboxylic acids is 1. The molecule has 0 heterocycles. The van der Waals surface area contributed by atoms with Crippen LogP contribution in [0.15, 0.2) is 30.3 Å². The molecule has 0 unspecified atom stereocenters. The molecule has 2 aromatic rings. The van der Waals surface area contributed by atoms with Gasteiger partial charge in [-0.2, -0.15) is 0 Å². The summed E-state index contributed by atoms with van der Waals surface area (Å²) in [5, 5.41) is 0.668. The molecule has 0 amide bonds. The summed E-state index contributed by atoms with van der Waals surface area (Å²) in [5.74, 6) is 0.518. The van der Waals surface area contributed by atoms with Crippen LogP contribution in [-0.4, -0.2) is 20.0 Å². The molecule has 0 aliphatic rings. The Labute approximate surface area is 132 Å². The minimum Gasteiger partial charge on any atom is -0.493 e. The Morgan fingerprint density at radius 2 is 1.62 bits per heavy atom. The van der Waals surface area contributed by atoms with Gasteiger partial charge in [-0.05, 0) is 24.3 Å². The number of halogens is 2. The van der Waals surface area contributed by atoms with E-state index in [0.717, 1.165) is 0 Å². The zero-order valence-electron chi connectivity index (χ0n) is 11.4. The Hall–Kier alpha value is -1.91. The van der Waals surface area contributed by atoms with Gasteiger partial charge in [-0.25, -0.2) is 0 Å². The molecule has 0 atom stereocenters. The molecule has 0 aliphatic heterocycles. The fourth-order valence-corrected chi connectivity index (χ4v) is 2.31. The second-order valence-corrected chi connectivity index (χ2v) is 5.09. The maximum atomic E-state index is 12.6. The molecule has 0 fully saturated rings. The average molecular weight is 326 g/mol. The molecule has 0 aliphatic carbocycles. The van der Waals surface area contributed by atoms with E-state index in [4.69, 9.17) is 38.4 Å². The van der Waals surface area contributed by atoms with Crippen LogP contribution in [0.25, 0.3) is 0 Å². The van der Waals surface area contributed by atoms with E-state index in [9.17, 15) is 4.79 Å². The maximum absolute atomic E-state index is 12.6. The van der Waals surface area contributed by atoms with Crippen molar-refractivity contribution in [2.75, 3.05) is 20.0 Å². The molecule has 2 N–H and O–H groups in total. The molecule has 0 bridgehead atoms. The third kappa shape index (κ3) is 3.06. The fourth-order valence-electron chi connectivity index (χ4n) is 1.90. The molecule has 4 nitrogen and oxygen atoms in total. The Kier molecular flexibility index (Phi) is 4.60. The van der Waals surface area contributed by atoms with E-state index >= 15 is 0 Å². The number of hydrogen-bond acceptors (Lipinski definition) is 4. The van der Waals surface area contributed by atoms with Gasteiger partial charge in [0.1, 0.15) is 0 Å². The van der Waals surface area contributed by atoms with Crippen molar-refractivity contribution in [3.63, 3.8) is 0 Å². The number of anilines is 1. The number of nitrogen functional groups attached to an aromatic ring is 1. The van der Waals surface area contributed by atoms with Gasteiger partial charge in [0.25, 0.3) is 0 Å². The summed E-state index contributed by atoms with van der Waals surface area (Å²) in [6.07, 6.45) is 0. The van der Waals surface area contributed by atoms with Crippen LogP contribution in [-0.2, 0) is 0 Å². The summed E-state index contributed by atoms with van der Waals surface area (Å²) in [6, 6.07) is 7.73. The number of benzene rings is 2. The standard InChI is InChI=1S/C15H13Cl2NO3/c1-20-13-6-9(11(17)7-14(13)21-2)15(19)10-5-8(16)3-4-12(10)18/h3-7H,18H2,1-2H3. The van der Waals surface area contributed by atoms with E-state index in [1.54, 1.807) is 12.1 Å². The fraction of sp³-hybridized carbons (Fsp3) is 0.133. The Balaban J connectivity index is 2.55. The lowest BCUT2D eigenvalue weighted by Crippen LogP contribution is -2.07. The van der Waals surface area contributed by atoms with Gasteiger partial charge in [0, 0.05) is 27.9 Å². The zero-order valence-corrected chi connectivity index (χ0v) is 13.0. The Bertz CT molecular complexity index is 702. The molecule has 2 rings (SSSR count). The minimum atomic E-state index is -0.332. The molecule has 0 aromatic heterocycles. The molecule has 6 heteroatoms. The summed E-state index contributed by atoms with van der Waals surface area (Å²) in [7, 11) is 2.97. The SMILES string of the molecule is COc1cc(Cl)c(C(=O)c2cc(Cl)ccc2N)cc1OC. The molecule has 2 aromatic carbocycles. The van der Waals surface area contributed by atoms with E-state index in [-0.39, 0.29) is 21.9 Å². The van der Waals surface area contributed by atoms with Crippen molar-refractivity contribution in [3.8, 4) is 11.5 Å². The highest BCUT2D eigenvalue weighted by Gasteiger charge is 2.19. The first kappa shape index (κ1) is 15.5. The van der Waals surface area contributed by atoms with Gasteiger partial charge in [-0.1, -0.05) is 23.2 Å². The van der Waals surface area contributed by atoms with Crippen molar-refractivity contribution in [1.82, 2.24) is 0 Å². The first-order valence-corrected chi connectivity index (χ1v) is 6.74. The number of rotatable bonds is 4. The lowest BCUT2D eigenvalue weighted by molar-refractivity contribution is 0.103. The van der Waals surface area contributed by atoms with Gasteiger partial charge in [0.2, 0.25) is 0 Å². The topological polar surface area (TPSA) is 61.5 Å². The summed E-state index contributed by atoms with van der Waals surface area (Å²) >= 11 is 12.1. The van der Waals surface area contributed by atoms with Crippen LogP contribution < -0.4 is 15.2 Å². The van der Waals surface area contributed by atoms with Gasteiger partial charge in [-0.3, -0.25) is 4.79 Å². The van der Waals surface area contributed by atoms with E-state index < -0.39 is 0 Å². The van der Waals surface area contributed by atoms with Crippen molar-refractivity contribution in [2.45, 2.75) is 0 Å². The van der Waals surface area contributed by atoms with Crippen LogP contribution in [0.1, 0.15) is 15.9 Å². The summed E-state index contributed by atoms with van der Waals surface area (Å²) in [6.45, 7) is 0. The number of ketones is 1. The van der Waals surface area contributed by atoms with Crippen molar-refractivity contribution in [3.05, 3.63) is 51.5 Å². The van der Waals surface area contributed by atoms with Gasteiger partial charge >= 0.3 is 0 Å². The Morgan fingerprint density at radius 3 is 2.24 bits per heavy atom. The van der Waals surface area contributed by atoms with E-state index in [2.05, 4.69) is 0 Å². The average Bonchev–Trinajstić information content (AvgIpc) is 2.48. The molecule has 21 heavy (non-hydrogen) atoms. The number of ether oxygens (including phenoxy) is 2. The molecule has 0 saturated carbocycles. The minimum absolute atomic E-state index is 0.247. The van der Waals surface area contributed by atoms with Crippen LogP contribution in [0.5, 0.6) is 11.5 Å². The maximum Gasteiger partial charge on any atom is 0.196 e. The van der Waals surface area contributed by atoms with Crippen LogP contribution in [0.4, 0.5) is 5.69 Å². The molecule has 110 valence electrons. The number of methoxy groups -OCH3 is 2. The molecule has 0 radical (unpaired) electrons. The normalized spacial score (nSPS) is 10.3. The molecular weight excluding hydrogens is 313 g/mol. The van der Waals surface area contributed by atoms with Crippen LogP contribution in [0.3, 0.4) is 0 Å². The van der Waals surface area contributed by atoms with Gasteiger partial charge in [0.15, 0.2) is 17.3 Å². The van der Waals surface area contributed by atoms with Crippen molar-refractivity contribution in [1.29, 1.82) is 0 Å². The second kappa shape index (κ2) is 6.24. The molecule has 0 spiro atoms. The van der Waals surface area contributed by atoms with Crippen LogP contribution >= 0.6 is 23.2 Å². The van der Waals surface area contributed by atoms with Gasteiger partial charge in [0.05, 0.1) is 19.2 Å². The Morgan fingerprint density at radius 1 is 1.00 bits per heavy atom. The summed E-state index contributed by atoms with van der Waals surface area (Å²) < 4.78 is 10.3. The highest BCUT2D eigenvalue weighted by atomic mass is 35.5. The van der Waals surface area contributed by atoms with Crippen molar-refractivity contribution in [2.24, 2.45) is 0 Å². The van der Waals surface area contributed by atoms with E-state index in [0.29, 0.717) is 22.2 Å². The van der Waals surface area contributed by atoms with Crippen LogP contribution in [0.2, 0.25) is 10.0 Å². The number of nitrogens with two attached hydrogens (primary N) is 1.